The number of ether oxygens (including phenoxy) is 6. The van der Waals surface area contributed by atoms with Crippen LogP contribution in [0.3, 0.4) is 0 Å². The molecule has 1 heterocycles. The van der Waals surface area contributed by atoms with E-state index in [9.17, 15) is 19.5 Å². The Hall–Kier alpha value is -4.50. The molecule has 45 heavy (non-hydrogen) atoms. The second-order valence-corrected chi connectivity index (χ2v) is 10.1. The number of hydrazone groups is 1. The van der Waals surface area contributed by atoms with Crippen molar-refractivity contribution >= 4 is 40.1 Å². The maximum Gasteiger partial charge on any atom is 0.344 e. The van der Waals surface area contributed by atoms with Crippen LogP contribution < -0.4 is 35.0 Å². The van der Waals surface area contributed by atoms with Gasteiger partial charge in [0.15, 0.2) is 35.8 Å². The highest BCUT2D eigenvalue weighted by molar-refractivity contribution is 9.10. The van der Waals surface area contributed by atoms with E-state index in [-0.39, 0.29) is 25.4 Å². The van der Waals surface area contributed by atoms with Crippen LogP contribution in [0.25, 0.3) is 0 Å². The van der Waals surface area contributed by atoms with Gasteiger partial charge in [-0.25, -0.2) is 14.4 Å². The zero-order chi connectivity index (χ0) is 32.9. The predicted octanol–water partition coefficient (Wildman–Crippen LogP) is 3.31. The van der Waals surface area contributed by atoms with Gasteiger partial charge in [-0.3, -0.25) is 5.43 Å². The summed E-state index contributed by atoms with van der Waals surface area (Å²) in [6.45, 7) is 7.39. The smallest absolute Gasteiger partial charge is 0.344 e. The Kier molecular flexibility index (Phi) is 13.3. The lowest BCUT2D eigenvalue weighted by atomic mass is 9.95. The van der Waals surface area contributed by atoms with Crippen molar-refractivity contribution in [2.45, 2.75) is 40.0 Å². The van der Waals surface area contributed by atoms with Crippen molar-refractivity contribution in [3.63, 3.8) is 0 Å². The lowest BCUT2D eigenvalue weighted by molar-refractivity contribution is -0.145. The van der Waals surface area contributed by atoms with Crippen LogP contribution in [0.15, 0.2) is 51.2 Å². The van der Waals surface area contributed by atoms with Crippen LogP contribution in [0.1, 0.15) is 44.9 Å². The molecule has 2 amide bonds. The van der Waals surface area contributed by atoms with Crippen molar-refractivity contribution in [3.8, 4) is 23.0 Å². The summed E-state index contributed by atoms with van der Waals surface area (Å²) < 4.78 is 33.1. The molecule has 0 bridgehead atoms. The summed E-state index contributed by atoms with van der Waals surface area (Å²) >= 11 is 3.43. The van der Waals surface area contributed by atoms with E-state index in [1.54, 1.807) is 51.1 Å². The third-order valence-electron chi connectivity index (χ3n) is 6.08. The minimum Gasteiger partial charge on any atom is -0.490 e. The molecule has 2 aromatic carbocycles. The Labute approximate surface area is 269 Å². The second-order valence-electron chi connectivity index (χ2n) is 9.27. The monoisotopic (exact) mass is 692 g/mol. The first-order valence-corrected chi connectivity index (χ1v) is 14.9. The van der Waals surface area contributed by atoms with Gasteiger partial charge in [0, 0.05) is 5.70 Å². The first kappa shape index (κ1) is 35.0. The van der Waals surface area contributed by atoms with Crippen LogP contribution in [-0.4, -0.2) is 75.7 Å². The van der Waals surface area contributed by atoms with Gasteiger partial charge in [-0.15, -0.1) is 0 Å². The number of halogens is 1. The molecule has 244 valence electrons. The number of carbonyl (C=O) groups is 3. The van der Waals surface area contributed by atoms with Crippen molar-refractivity contribution in [1.29, 1.82) is 0 Å². The second kappa shape index (κ2) is 17.1. The van der Waals surface area contributed by atoms with Crippen LogP contribution >= 0.6 is 15.9 Å². The third kappa shape index (κ3) is 9.74. The fraction of sp³-hybridized carbons (Fsp3) is 0.400. The van der Waals surface area contributed by atoms with Gasteiger partial charge in [0.2, 0.25) is 0 Å². The summed E-state index contributed by atoms with van der Waals surface area (Å²) in [6, 6.07) is 7.09. The van der Waals surface area contributed by atoms with Gasteiger partial charge in [-0.2, -0.15) is 5.10 Å². The number of urea groups is 1. The van der Waals surface area contributed by atoms with E-state index in [0.29, 0.717) is 57.5 Å². The molecule has 1 aliphatic heterocycles. The number of nitrogens with zero attached hydrogens (tertiary/aromatic N) is 1. The summed E-state index contributed by atoms with van der Waals surface area (Å²) in [5, 5.41) is 19.8. The van der Waals surface area contributed by atoms with Crippen LogP contribution in [0.5, 0.6) is 23.0 Å². The predicted molar refractivity (Wildman–Crippen MR) is 166 cm³/mol. The topological polar surface area (TPSA) is 175 Å². The molecule has 0 aromatic heterocycles. The molecule has 0 aliphatic carbocycles. The molecule has 14 nitrogen and oxygen atoms in total. The molecule has 2 atom stereocenters. The van der Waals surface area contributed by atoms with Gasteiger partial charge >= 0.3 is 18.0 Å². The first-order chi connectivity index (χ1) is 21.6. The van der Waals surface area contributed by atoms with Crippen molar-refractivity contribution in [3.05, 3.63) is 57.2 Å². The average molecular weight is 694 g/mol. The minimum absolute atomic E-state index is 0.193. The SMILES string of the molecule is CCOC(=O)COc1c(Br)cc(/C=N\N[C@H](O)COc2ccc([C@@H]3NC(=O)NC(C)=C3C(=O)OC)cc2OCC)cc1OCC. The average Bonchev–Trinajstić information content (AvgIpc) is 2.99. The van der Waals surface area contributed by atoms with Gasteiger partial charge in [0.05, 0.1) is 49.2 Å². The van der Waals surface area contributed by atoms with Crippen molar-refractivity contribution in [2.75, 3.05) is 40.1 Å². The number of nitrogens with one attached hydrogen (secondary N) is 3. The number of hydrogen-bond donors (Lipinski definition) is 4. The summed E-state index contributed by atoms with van der Waals surface area (Å²) in [5.74, 6) is 0.320. The largest absolute Gasteiger partial charge is 0.490 e. The van der Waals surface area contributed by atoms with E-state index in [1.165, 1.54) is 13.3 Å². The number of esters is 2. The normalized spacial score (nSPS) is 15.1. The van der Waals surface area contributed by atoms with E-state index < -0.39 is 30.2 Å². The van der Waals surface area contributed by atoms with Gasteiger partial charge in [0.1, 0.15) is 6.61 Å². The zero-order valence-corrected chi connectivity index (χ0v) is 27.2. The summed E-state index contributed by atoms with van der Waals surface area (Å²) in [5.41, 5.74) is 4.40. The fourth-order valence-electron chi connectivity index (χ4n) is 4.22. The van der Waals surface area contributed by atoms with Gasteiger partial charge in [0.25, 0.3) is 0 Å². The highest BCUT2D eigenvalue weighted by Gasteiger charge is 2.32. The molecular formula is C30H37BrN4O10. The third-order valence-corrected chi connectivity index (χ3v) is 6.67. The molecule has 1 aliphatic rings. The van der Waals surface area contributed by atoms with Gasteiger partial charge in [-0.1, -0.05) is 6.07 Å². The Morgan fingerprint density at radius 2 is 1.78 bits per heavy atom. The van der Waals surface area contributed by atoms with E-state index >= 15 is 0 Å². The summed E-state index contributed by atoms with van der Waals surface area (Å²) in [6.07, 6.45) is 0.269. The number of amides is 2. The Morgan fingerprint density at radius 3 is 2.47 bits per heavy atom. The number of aliphatic hydroxyl groups excluding tert-OH is 1. The number of allylic oxidation sites excluding steroid dienone is 1. The molecule has 0 radical (unpaired) electrons. The Bertz CT molecular complexity index is 1430. The van der Waals surface area contributed by atoms with Crippen molar-refractivity contribution < 1.29 is 47.9 Å². The number of aliphatic hydroxyl groups is 1. The molecule has 0 saturated carbocycles. The van der Waals surface area contributed by atoms with Crippen molar-refractivity contribution in [2.24, 2.45) is 5.10 Å². The van der Waals surface area contributed by atoms with Crippen LogP contribution in [-0.2, 0) is 19.1 Å². The summed E-state index contributed by atoms with van der Waals surface area (Å²) in [4.78, 5) is 36.3. The van der Waals surface area contributed by atoms with Crippen LogP contribution in [0, 0.1) is 0 Å². The van der Waals surface area contributed by atoms with Crippen molar-refractivity contribution in [1.82, 2.24) is 16.1 Å². The lowest BCUT2D eigenvalue weighted by Crippen LogP contribution is -2.45. The molecule has 0 fully saturated rings. The number of benzene rings is 2. The van der Waals surface area contributed by atoms with Gasteiger partial charge in [-0.05, 0) is 79.0 Å². The van der Waals surface area contributed by atoms with E-state index in [4.69, 9.17) is 28.4 Å². The molecule has 0 spiro atoms. The van der Waals surface area contributed by atoms with Gasteiger partial charge < -0.3 is 44.2 Å². The first-order valence-electron chi connectivity index (χ1n) is 14.1. The Morgan fingerprint density at radius 1 is 1.04 bits per heavy atom. The summed E-state index contributed by atoms with van der Waals surface area (Å²) in [7, 11) is 1.26. The maximum absolute atomic E-state index is 12.4. The number of carbonyl (C=O) groups excluding carboxylic acids is 3. The highest BCUT2D eigenvalue weighted by Crippen LogP contribution is 2.37. The fourth-order valence-corrected chi connectivity index (χ4v) is 4.79. The van der Waals surface area contributed by atoms with E-state index in [0.717, 1.165) is 0 Å². The highest BCUT2D eigenvalue weighted by atomic mass is 79.9. The van der Waals surface area contributed by atoms with E-state index in [2.05, 4.69) is 37.1 Å². The standard InChI is InChI=1S/C30H37BrN4O10/c1-6-41-22-13-19(27-26(29(38)40-5)17(4)33-30(39)34-27)9-10-21(22)44-15-24(36)35-32-14-18-11-20(31)28(23(12-18)42-7-2)45-16-25(37)43-8-3/h9-14,24,27,35-36H,6-8,15-16H2,1-5H3,(H2,33,34,39)/b32-14-/t24-,27+/m1/s1. The molecule has 0 unspecified atom stereocenters. The molecule has 4 N–H and O–H groups in total. The minimum atomic E-state index is -1.20. The molecule has 2 aromatic rings. The molecule has 15 heteroatoms. The Balaban J connectivity index is 1.67. The zero-order valence-electron chi connectivity index (χ0n) is 25.6. The molecular weight excluding hydrogens is 656 g/mol. The van der Waals surface area contributed by atoms with Crippen LogP contribution in [0.4, 0.5) is 4.79 Å². The van der Waals surface area contributed by atoms with E-state index in [1.807, 2.05) is 6.92 Å². The maximum atomic E-state index is 12.4. The van der Waals surface area contributed by atoms with Crippen LogP contribution in [0.2, 0.25) is 0 Å². The quantitative estimate of drug-likeness (QED) is 0.0879. The molecule has 0 saturated heterocycles. The number of hydrogen-bond acceptors (Lipinski definition) is 12. The lowest BCUT2D eigenvalue weighted by Gasteiger charge is -2.28. The number of methoxy groups -OCH3 is 1. The molecule has 3 rings (SSSR count). The number of rotatable bonds is 16.